The number of ether oxygens (including phenoxy) is 1. The fraction of sp³-hybridized carbons (Fsp3) is 0.200. The van der Waals surface area contributed by atoms with Gasteiger partial charge in [-0.25, -0.2) is 9.48 Å². The Morgan fingerprint density at radius 3 is 2.37 bits per heavy atom. The van der Waals surface area contributed by atoms with Gasteiger partial charge in [-0.2, -0.15) is 5.10 Å². The third-order valence-corrected chi connectivity index (χ3v) is 4.16. The molecule has 1 heterocycles. The van der Waals surface area contributed by atoms with E-state index in [0.29, 0.717) is 17.3 Å². The number of hydrogen-bond donors (Lipinski definition) is 0. The molecule has 0 N–H and O–H groups in total. The average molecular weight is 365 g/mol. The lowest BCUT2D eigenvalue weighted by atomic mass is 10.1. The molecular weight excluding hydrogens is 346 g/mol. The average Bonchev–Trinajstić information content (AvgIpc) is 2.69. The van der Waals surface area contributed by atoms with Gasteiger partial charge in [-0.1, -0.05) is 48.5 Å². The largest absolute Gasteiger partial charge is 0.451 e. The molecule has 0 aliphatic carbocycles. The molecule has 1 aromatic heterocycles. The molecular formula is C20H19N3O4. The van der Waals surface area contributed by atoms with Crippen molar-refractivity contribution in [2.75, 3.05) is 13.7 Å². The van der Waals surface area contributed by atoms with E-state index in [9.17, 15) is 14.4 Å². The zero-order valence-corrected chi connectivity index (χ0v) is 15.1. The summed E-state index contributed by atoms with van der Waals surface area (Å²) >= 11 is 0. The molecule has 138 valence electrons. The van der Waals surface area contributed by atoms with Crippen molar-refractivity contribution in [1.82, 2.24) is 14.7 Å². The van der Waals surface area contributed by atoms with Crippen molar-refractivity contribution in [3.05, 3.63) is 76.2 Å². The standard InChI is InChI=1S/C20H19N3O4/c1-22(12-14-8-4-3-5-9-14)17(24)13-27-20(26)18-15-10-6-7-11-16(15)19(25)23(2)21-18/h3-11H,12-13H2,1-2H3. The van der Waals surface area contributed by atoms with Gasteiger partial charge in [0.15, 0.2) is 12.3 Å². The molecule has 1 amide bonds. The number of aromatic nitrogens is 2. The van der Waals surface area contributed by atoms with Gasteiger partial charge in [0.05, 0.1) is 5.39 Å². The van der Waals surface area contributed by atoms with Crippen LogP contribution in [0.1, 0.15) is 16.1 Å². The van der Waals surface area contributed by atoms with Crippen molar-refractivity contribution in [3.8, 4) is 0 Å². The Hall–Kier alpha value is -3.48. The first-order chi connectivity index (χ1) is 13.0. The van der Waals surface area contributed by atoms with E-state index < -0.39 is 12.6 Å². The number of likely N-dealkylation sites (N-methyl/N-ethyl adjacent to an activating group) is 1. The van der Waals surface area contributed by atoms with Gasteiger partial charge < -0.3 is 9.64 Å². The van der Waals surface area contributed by atoms with Crippen LogP contribution in [0.4, 0.5) is 0 Å². The summed E-state index contributed by atoms with van der Waals surface area (Å²) in [5.74, 6) is -1.08. The van der Waals surface area contributed by atoms with Crippen molar-refractivity contribution in [2.24, 2.45) is 7.05 Å². The minimum Gasteiger partial charge on any atom is -0.451 e. The quantitative estimate of drug-likeness (QED) is 0.644. The van der Waals surface area contributed by atoms with E-state index in [2.05, 4.69) is 5.10 Å². The minimum atomic E-state index is -0.747. The molecule has 3 rings (SSSR count). The summed E-state index contributed by atoms with van der Waals surface area (Å²) in [7, 11) is 3.10. The van der Waals surface area contributed by atoms with Crippen LogP contribution in [0.2, 0.25) is 0 Å². The van der Waals surface area contributed by atoms with Crippen LogP contribution in [-0.2, 0) is 23.1 Å². The second-order valence-electron chi connectivity index (χ2n) is 6.13. The van der Waals surface area contributed by atoms with Crippen LogP contribution in [0.15, 0.2) is 59.4 Å². The maximum Gasteiger partial charge on any atom is 0.359 e. The van der Waals surface area contributed by atoms with E-state index in [-0.39, 0.29) is 17.2 Å². The Balaban J connectivity index is 1.71. The second kappa shape index (κ2) is 7.82. The number of aryl methyl sites for hydroxylation is 1. The summed E-state index contributed by atoms with van der Waals surface area (Å²) in [5, 5.41) is 4.76. The van der Waals surface area contributed by atoms with Crippen molar-refractivity contribution in [3.63, 3.8) is 0 Å². The summed E-state index contributed by atoms with van der Waals surface area (Å²) in [4.78, 5) is 38.3. The van der Waals surface area contributed by atoms with E-state index in [1.165, 1.54) is 11.9 Å². The maximum atomic E-state index is 12.4. The van der Waals surface area contributed by atoms with Crippen molar-refractivity contribution in [2.45, 2.75) is 6.54 Å². The van der Waals surface area contributed by atoms with Crippen LogP contribution < -0.4 is 5.56 Å². The van der Waals surface area contributed by atoms with Gasteiger partial charge >= 0.3 is 5.97 Å². The highest BCUT2D eigenvalue weighted by Crippen LogP contribution is 2.14. The highest BCUT2D eigenvalue weighted by Gasteiger charge is 2.19. The van der Waals surface area contributed by atoms with E-state index in [4.69, 9.17) is 4.74 Å². The lowest BCUT2D eigenvalue weighted by Crippen LogP contribution is -2.31. The number of hydrogen-bond acceptors (Lipinski definition) is 5. The lowest BCUT2D eigenvalue weighted by Gasteiger charge is -2.17. The molecule has 0 radical (unpaired) electrons. The van der Waals surface area contributed by atoms with Gasteiger partial charge in [0.1, 0.15) is 0 Å². The number of fused-ring (bicyclic) bond motifs is 1. The molecule has 0 bridgehead atoms. The van der Waals surface area contributed by atoms with Gasteiger partial charge in [0, 0.05) is 26.0 Å². The van der Waals surface area contributed by atoms with E-state index in [1.54, 1.807) is 31.3 Å². The third kappa shape index (κ3) is 4.03. The Morgan fingerprint density at radius 2 is 1.67 bits per heavy atom. The Morgan fingerprint density at radius 1 is 1.04 bits per heavy atom. The molecule has 0 saturated carbocycles. The third-order valence-electron chi connectivity index (χ3n) is 4.16. The van der Waals surface area contributed by atoms with Crippen molar-refractivity contribution >= 4 is 22.6 Å². The number of benzene rings is 2. The van der Waals surface area contributed by atoms with E-state index in [0.717, 1.165) is 10.2 Å². The van der Waals surface area contributed by atoms with E-state index >= 15 is 0 Å². The topological polar surface area (TPSA) is 81.5 Å². The smallest absolute Gasteiger partial charge is 0.359 e. The first kappa shape index (κ1) is 18.3. The molecule has 2 aromatic carbocycles. The molecule has 0 fully saturated rings. The van der Waals surface area contributed by atoms with Gasteiger partial charge in [0.2, 0.25) is 0 Å². The first-order valence-corrected chi connectivity index (χ1v) is 8.38. The fourth-order valence-corrected chi connectivity index (χ4v) is 2.70. The predicted octanol–water partition coefficient (Wildman–Crippen LogP) is 1.75. The molecule has 0 atom stereocenters. The van der Waals surface area contributed by atoms with Crippen LogP contribution >= 0.6 is 0 Å². The number of carbonyl (C=O) groups is 2. The molecule has 3 aromatic rings. The number of amides is 1. The molecule has 7 nitrogen and oxygen atoms in total. The fourth-order valence-electron chi connectivity index (χ4n) is 2.70. The molecule has 0 aliphatic heterocycles. The summed E-state index contributed by atoms with van der Waals surface area (Å²) in [5.41, 5.74) is 0.678. The molecule has 0 aliphatic rings. The number of carbonyl (C=O) groups excluding carboxylic acids is 2. The van der Waals surface area contributed by atoms with Crippen LogP contribution in [-0.4, -0.2) is 40.2 Å². The normalized spacial score (nSPS) is 10.6. The number of esters is 1. The summed E-state index contributed by atoms with van der Waals surface area (Å²) in [6.07, 6.45) is 0. The molecule has 0 saturated heterocycles. The monoisotopic (exact) mass is 365 g/mol. The maximum absolute atomic E-state index is 12.4. The lowest BCUT2D eigenvalue weighted by molar-refractivity contribution is -0.133. The van der Waals surface area contributed by atoms with Gasteiger partial charge in [-0.15, -0.1) is 0 Å². The Bertz CT molecular complexity index is 1040. The van der Waals surface area contributed by atoms with Crippen LogP contribution in [0.5, 0.6) is 0 Å². The number of rotatable bonds is 5. The minimum absolute atomic E-state index is 0.00575. The van der Waals surface area contributed by atoms with E-state index in [1.807, 2.05) is 30.3 Å². The Labute approximate surface area is 155 Å². The molecule has 0 spiro atoms. The molecule has 0 unspecified atom stereocenters. The number of nitrogens with zero attached hydrogens (tertiary/aromatic N) is 3. The van der Waals surface area contributed by atoms with Gasteiger partial charge in [0.25, 0.3) is 11.5 Å². The highest BCUT2D eigenvalue weighted by molar-refractivity contribution is 6.02. The Kier molecular flexibility index (Phi) is 5.30. The molecule has 27 heavy (non-hydrogen) atoms. The van der Waals surface area contributed by atoms with Crippen LogP contribution in [0.25, 0.3) is 10.8 Å². The van der Waals surface area contributed by atoms with Crippen molar-refractivity contribution < 1.29 is 14.3 Å². The van der Waals surface area contributed by atoms with Gasteiger partial charge in [-0.05, 0) is 11.6 Å². The summed E-state index contributed by atoms with van der Waals surface area (Å²) < 4.78 is 6.23. The predicted molar refractivity (Wildman–Crippen MR) is 100 cm³/mol. The van der Waals surface area contributed by atoms with Crippen LogP contribution in [0.3, 0.4) is 0 Å². The zero-order chi connectivity index (χ0) is 19.4. The summed E-state index contributed by atoms with van der Waals surface area (Å²) in [6.45, 7) is 0.0132. The van der Waals surface area contributed by atoms with Crippen molar-refractivity contribution in [1.29, 1.82) is 0 Å². The second-order valence-corrected chi connectivity index (χ2v) is 6.13. The molecule has 7 heteroatoms. The SMILES string of the molecule is CN(Cc1ccccc1)C(=O)COC(=O)c1nn(C)c(=O)c2ccccc12. The van der Waals surface area contributed by atoms with Crippen LogP contribution in [0, 0.1) is 0 Å². The summed E-state index contributed by atoms with van der Waals surface area (Å²) in [6, 6.07) is 16.2. The first-order valence-electron chi connectivity index (χ1n) is 8.38. The van der Waals surface area contributed by atoms with Gasteiger partial charge in [-0.3, -0.25) is 9.59 Å². The zero-order valence-electron chi connectivity index (χ0n) is 15.1. The highest BCUT2D eigenvalue weighted by atomic mass is 16.5.